The molecule has 3 aromatic rings. The highest BCUT2D eigenvalue weighted by molar-refractivity contribution is 7.15. The van der Waals surface area contributed by atoms with Crippen LogP contribution >= 0.6 is 22.9 Å². The quantitative estimate of drug-likeness (QED) is 0.746. The van der Waals surface area contributed by atoms with E-state index in [4.69, 9.17) is 16.3 Å². The van der Waals surface area contributed by atoms with Crippen molar-refractivity contribution in [1.29, 1.82) is 0 Å². The third kappa shape index (κ3) is 3.90. The maximum atomic E-state index is 12.3. The molecule has 2 heterocycles. The number of thiazole rings is 1. The summed E-state index contributed by atoms with van der Waals surface area (Å²) in [5.74, 6) is -0.0192. The Morgan fingerprint density at radius 2 is 2.17 bits per heavy atom. The van der Waals surface area contributed by atoms with Crippen LogP contribution in [0.2, 0.25) is 5.02 Å². The minimum absolute atomic E-state index is 0.283. The fourth-order valence-corrected chi connectivity index (χ4v) is 3.24. The third-order valence-electron chi connectivity index (χ3n) is 3.25. The normalized spacial score (nSPS) is 10.4. The van der Waals surface area contributed by atoms with Crippen molar-refractivity contribution >= 4 is 34.0 Å². The van der Waals surface area contributed by atoms with Crippen molar-refractivity contribution in [3.63, 3.8) is 0 Å². The van der Waals surface area contributed by atoms with Crippen LogP contribution in [-0.4, -0.2) is 23.0 Å². The molecule has 1 aromatic carbocycles. The van der Waals surface area contributed by atoms with Gasteiger partial charge in [-0.3, -0.25) is 10.1 Å². The first kappa shape index (κ1) is 16.4. The zero-order valence-corrected chi connectivity index (χ0v) is 14.4. The summed E-state index contributed by atoms with van der Waals surface area (Å²) in [5, 5.41) is 4.01. The van der Waals surface area contributed by atoms with E-state index in [0.717, 1.165) is 10.4 Å². The lowest BCUT2D eigenvalue weighted by molar-refractivity contribution is 0.102. The van der Waals surface area contributed by atoms with Crippen LogP contribution < -0.4 is 10.1 Å². The molecule has 3 rings (SSSR count). The number of hydrogen-bond donors (Lipinski definition) is 1. The van der Waals surface area contributed by atoms with Crippen LogP contribution in [0.15, 0.2) is 48.8 Å². The lowest BCUT2D eigenvalue weighted by Crippen LogP contribution is -2.13. The molecule has 0 aliphatic rings. The molecule has 5 nitrogen and oxygen atoms in total. The number of hydrogen-bond acceptors (Lipinski definition) is 5. The molecule has 2 aromatic heterocycles. The molecule has 0 saturated heterocycles. The van der Waals surface area contributed by atoms with Crippen molar-refractivity contribution in [3.05, 3.63) is 69.8 Å². The Balaban J connectivity index is 1.71. The average molecular weight is 360 g/mol. The first-order chi connectivity index (χ1) is 11.7. The molecule has 0 spiro atoms. The van der Waals surface area contributed by atoms with Gasteiger partial charge in [-0.1, -0.05) is 23.7 Å². The van der Waals surface area contributed by atoms with E-state index in [1.54, 1.807) is 24.5 Å². The number of carbonyl (C=O) groups is 1. The highest BCUT2D eigenvalue weighted by Crippen LogP contribution is 2.24. The fourth-order valence-electron chi connectivity index (χ4n) is 2.19. The van der Waals surface area contributed by atoms with Gasteiger partial charge >= 0.3 is 0 Å². The highest BCUT2D eigenvalue weighted by atomic mass is 35.5. The average Bonchev–Trinajstić information content (AvgIpc) is 3.01. The SMILES string of the molecule is COc1ncccc1C(=O)Nc1ncc(Cc2cccc(Cl)c2)s1. The van der Waals surface area contributed by atoms with Crippen molar-refractivity contribution in [3.8, 4) is 5.88 Å². The summed E-state index contributed by atoms with van der Waals surface area (Å²) in [7, 11) is 1.48. The summed E-state index contributed by atoms with van der Waals surface area (Å²) in [6, 6.07) is 11.0. The zero-order valence-electron chi connectivity index (χ0n) is 12.8. The molecule has 0 unspecified atom stereocenters. The van der Waals surface area contributed by atoms with Crippen LogP contribution in [0.3, 0.4) is 0 Å². The zero-order chi connectivity index (χ0) is 16.9. The molecule has 0 saturated carbocycles. The molecule has 24 heavy (non-hydrogen) atoms. The van der Waals surface area contributed by atoms with Crippen LogP contribution in [0.4, 0.5) is 5.13 Å². The Labute approximate surface area is 148 Å². The minimum atomic E-state index is -0.302. The number of nitrogens with one attached hydrogen (secondary N) is 1. The number of pyridine rings is 1. The van der Waals surface area contributed by atoms with E-state index in [2.05, 4.69) is 15.3 Å². The van der Waals surface area contributed by atoms with Gasteiger partial charge in [-0.2, -0.15) is 0 Å². The van der Waals surface area contributed by atoms with Gasteiger partial charge in [-0.15, -0.1) is 11.3 Å². The number of rotatable bonds is 5. The molecule has 0 fully saturated rings. The summed E-state index contributed by atoms with van der Waals surface area (Å²) in [4.78, 5) is 21.6. The van der Waals surface area contributed by atoms with Crippen LogP contribution in [0.5, 0.6) is 5.88 Å². The Morgan fingerprint density at radius 1 is 1.29 bits per heavy atom. The summed E-state index contributed by atoms with van der Waals surface area (Å²) in [6.45, 7) is 0. The number of nitrogens with zero attached hydrogens (tertiary/aromatic N) is 2. The number of benzene rings is 1. The maximum Gasteiger partial charge on any atom is 0.262 e. The minimum Gasteiger partial charge on any atom is -0.480 e. The van der Waals surface area contributed by atoms with Crippen LogP contribution in [0.25, 0.3) is 0 Å². The second-order valence-corrected chi connectivity index (χ2v) is 6.50. The van der Waals surface area contributed by atoms with Crippen LogP contribution in [0.1, 0.15) is 20.8 Å². The molecule has 1 amide bonds. The molecule has 0 aliphatic heterocycles. The van der Waals surface area contributed by atoms with Crippen LogP contribution in [0, 0.1) is 0 Å². The topological polar surface area (TPSA) is 64.1 Å². The van der Waals surface area contributed by atoms with Gasteiger partial charge < -0.3 is 4.74 Å². The number of anilines is 1. The standard InChI is InChI=1S/C17H14ClN3O2S/c1-23-16-14(6-3-7-19-16)15(22)21-17-20-10-13(24-17)9-11-4-2-5-12(18)8-11/h2-8,10H,9H2,1H3,(H,20,21,22). The van der Waals surface area contributed by atoms with Crippen molar-refractivity contribution in [1.82, 2.24) is 9.97 Å². The second-order valence-electron chi connectivity index (χ2n) is 4.95. The summed E-state index contributed by atoms with van der Waals surface area (Å²) in [6.07, 6.45) is 4.04. The molecule has 0 radical (unpaired) electrons. The molecular weight excluding hydrogens is 346 g/mol. The first-order valence-electron chi connectivity index (χ1n) is 7.15. The van der Waals surface area contributed by atoms with Gasteiger partial charge in [0.15, 0.2) is 5.13 Å². The molecular formula is C17H14ClN3O2S. The first-order valence-corrected chi connectivity index (χ1v) is 8.34. The van der Waals surface area contributed by atoms with Crippen molar-refractivity contribution < 1.29 is 9.53 Å². The summed E-state index contributed by atoms with van der Waals surface area (Å²) >= 11 is 7.42. The monoisotopic (exact) mass is 359 g/mol. The molecule has 7 heteroatoms. The smallest absolute Gasteiger partial charge is 0.262 e. The maximum absolute atomic E-state index is 12.3. The van der Waals surface area contributed by atoms with Gasteiger partial charge in [0.05, 0.1) is 7.11 Å². The van der Waals surface area contributed by atoms with Crippen LogP contribution in [-0.2, 0) is 6.42 Å². The van der Waals surface area contributed by atoms with E-state index in [1.165, 1.54) is 18.4 Å². The third-order valence-corrected chi connectivity index (χ3v) is 4.40. The van der Waals surface area contributed by atoms with E-state index in [9.17, 15) is 4.79 Å². The number of aromatic nitrogens is 2. The van der Waals surface area contributed by atoms with Gasteiger partial charge in [0.2, 0.25) is 5.88 Å². The number of carbonyl (C=O) groups excluding carboxylic acids is 1. The predicted molar refractivity (Wildman–Crippen MR) is 95.1 cm³/mol. The Hall–Kier alpha value is -2.44. The molecule has 0 atom stereocenters. The van der Waals surface area contributed by atoms with Crippen molar-refractivity contribution in [2.45, 2.75) is 6.42 Å². The lowest BCUT2D eigenvalue weighted by Gasteiger charge is -2.05. The Kier molecular flexibility index (Phi) is 5.08. The molecule has 0 aliphatic carbocycles. The van der Waals surface area contributed by atoms with E-state index < -0.39 is 0 Å². The number of ether oxygens (including phenoxy) is 1. The van der Waals surface area contributed by atoms with Gasteiger partial charge in [-0.25, -0.2) is 9.97 Å². The van der Waals surface area contributed by atoms with E-state index in [1.807, 2.05) is 24.3 Å². The van der Waals surface area contributed by atoms with Gasteiger partial charge in [-0.05, 0) is 29.8 Å². The molecule has 1 N–H and O–H groups in total. The van der Waals surface area contributed by atoms with E-state index in [0.29, 0.717) is 22.1 Å². The fraction of sp³-hybridized carbons (Fsp3) is 0.118. The van der Waals surface area contributed by atoms with Crippen molar-refractivity contribution in [2.75, 3.05) is 12.4 Å². The largest absolute Gasteiger partial charge is 0.480 e. The molecule has 122 valence electrons. The predicted octanol–water partition coefficient (Wildman–Crippen LogP) is 4.04. The van der Waals surface area contributed by atoms with Gasteiger partial charge in [0, 0.05) is 28.7 Å². The number of methoxy groups -OCH3 is 1. The second kappa shape index (κ2) is 7.42. The van der Waals surface area contributed by atoms with Gasteiger partial charge in [0.1, 0.15) is 5.56 Å². The highest BCUT2D eigenvalue weighted by Gasteiger charge is 2.14. The Morgan fingerprint density at radius 3 is 2.96 bits per heavy atom. The number of halogens is 1. The number of amides is 1. The van der Waals surface area contributed by atoms with Gasteiger partial charge in [0.25, 0.3) is 5.91 Å². The summed E-state index contributed by atoms with van der Waals surface area (Å²) in [5.41, 5.74) is 1.46. The van der Waals surface area contributed by atoms with Crippen molar-refractivity contribution in [2.24, 2.45) is 0 Å². The molecule has 0 bridgehead atoms. The summed E-state index contributed by atoms with van der Waals surface area (Å²) < 4.78 is 5.10. The van der Waals surface area contributed by atoms with E-state index in [-0.39, 0.29) is 11.8 Å². The lowest BCUT2D eigenvalue weighted by atomic mass is 10.1. The Bertz CT molecular complexity index is 866. The van der Waals surface area contributed by atoms with E-state index >= 15 is 0 Å².